The van der Waals surface area contributed by atoms with Gasteiger partial charge in [0.15, 0.2) is 17.3 Å². The van der Waals surface area contributed by atoms with Gasteiger partial charge in [0.05, 0.1) is 17.3 Å². The van der Waals surface area contributed by atoms with Crippen LogP contribution < -0.4 is 21.1 Å². The van der Waals surface area contributed by atoms with Gasteiger partial charge in [0.2, 0.25) is 5.95 Å². The van der Waals surface area contributed by atoms with Gasteiger partial charge in [0, 0.05) is 60.3 Å². The van der Waals surface area contributed by atoms with Crippen LogP contribution in [0.15, 0.2) is 64.4 Å². The minimum atomic E-state index is -2.42. The summed E-state index contributed by atoms with van der Waals surface area (Å²) in [6, 6.07) is 10.9. The topological polar surface area (TPSA) is 122 Å². The van der Waals surface area contributed by atoms with E-state index in [1.54, 1.807) is 29.0 Å². The number of piperazine rings is 1. The molecule has 11 nitrogen and oxygen atoms in total. The van der Waals surface area contributed by atoms with Gasteiger partial charge in [0.25, 0.3) is 5.56 Å². The summed E-state index contributed by atoms with van der Waals surface area (Å²) >= 11 is 6.61. The van der Waals surface area contributed by atoms with Crippen molar-refractivity contribution in [2.24, 2.45) is 4.36 Å². The summed E-state index contributed by atoms with van der Waals surface area (Å²) in [7, 11) is -2.42. The van der Waals surface area contributed by atoms with Crippen LogP contribution in [0.4, 0.5) is 23.1 Å². The Morgan fingerprint density at radius 3 is 2.71 bits per heavy atom. The third-order valence-corrected chi connectivity index (χ3v) is 6.82. The summed E-state index contributed by atoms with van der Waals surface area (Å²) < 4.78 is 19.5. The van der Waals surface area contributed by atoms with E-state index in [1.807, 2.05) is 18.2 Å². The van der Waals surface area contributed by atoms with Crippen molar-refractivity contribution >= 4 is 55.5 Å². The fraction of sp³-hybridized carbons (Fsp3) is 0.280. The predicted octanol–water partition coefficient (Wildman–Crippen LogP) is 3.33. The molecule has 0 spiro atoms. The first-order valence-corrected chi connectivity index (χ1v) is 14.7. The van der Waals surface area contributed by atoms with E-state index in [0.29, 0.717) is 39.3 Å². The number of allylic oxidation sites excluding steroid dienone is 1. The van der Waals surface area contributed by atoms with Crippen LogP contribution in [0.5, 0.6) is 0 Å². The van der Waals surface area contributed by atoms with Gasteiger partial charge in [-0.15, -0.1) is 6.58 Å². The Labute approximate surface area is 225 Å². The Morgan fingerprint density at radius 2 is 2.00 bits per heavy atom. The molecule has 1 saturated heterocycles. The third-order valence-electron chi connectivity index (χ3n) is 5.89. The standard InChI is InChI=1S/C25H28ClN9O2S/c1-4-12-34-24(36)18-16-28-25(29-17-8-9-20(19(26)15-17)33-13-10-27-11-14-33)31-23(18)35(34)22-7-5-6-21(30-22)32-38(2,3)37/h4-9,15-16,27H,1,10-14H2,2-3H3,(H,28,29,31). The number of anilines is 3. The molecule has 0 radical (unpaired) electrons. The average Bonchev–Trinajstić information content (AvgIpc) is 3.15. The van der Waals surface area contributed by atoms with Crippen LogP contribution in [0.1, 0.15) is 0 Å². The lowest BCUT2D eigenvalue weighted by Crippen LogP contribution is -2.43. The molecule has 1 aromatic carbocycles. The monoisotopic (exact) mass is 553 g/mol. The Balaban J connectivity index is 1.55. The highest BCUT2D eigenvalue weighted by Crippen LogP contribution is 2.30. The van der Waals surface area contributed by atoms with Crippen LogP contribution in [0.3, 0.4) is 0 Å². The lowest BCUT2D eigenvalue weighted by atomic mass is 10.2. The molecule has 1 aliphatic rings. The number of halogens is 1. The molecule has 4 aromatic rings. The number of fused-ring (bicyclic) bond motifs is 1. The zero-order valence-corrected chi connectivity index (χ0v) is 22.7. The van der Waals surface area contributed by atoms with E-state index in [9.17, 15) is 9.00 Å². The van der Waals surface area contributed by atoms with Crippen molar-refractivity contribution in [2.45, 2.75) is 6.54 Å². The van der Waals surface area contributed by atoms with Gasteiger partial charge in [-0.05, 0) is 30.3 Å². The normalized spacial score (nSPS) is 14.0. The zero-order valence-electron chi connectivity index (χ0n) is 21.1. The highest BCUT2D eigenvalue weighted by atomic mass is 35.5. The highest BCUT2D eigenvalue weighted by Gasteiger charge is 2.19. The first-order chi connectivity index (χ1) is 18.2. The Morgan fingerprint density at radius 1 is 1.21 bits per heavy atom. The molecule has 5 rings (SSSR count). The van der Waals surface area contributed by atoms with E-state index in [-0.39, 0.29) is 12.1 Å². The molecule has 0 atom stereocenters. The van der Waals surface area contributed by atoms with Gasteiger partial charge >= 0.3 is 0 Å². The van der Waals surface area contributed by atoms with Crippen LogP contribution in [0.2, 0.25) is 5.02 Å². The molecule has 13 heteroatoms. The maximum Gasteiger partial charge on any atom is 0.278 e. The molecule has 4 heterocycles. The van der Waals surface area contributed by atoms with Crippen LogP contribution in [-0.4, -0.2) is 67.2 Å². The number of aromatic nitrogens is 5. The van der Waals surface area contributed by atoms with Gasteiger partial charge in [0.1, 0.15) is 5.39 Å². The van der Waals surface area contributed by atoms with Gasteiger partial charge in [-0.3, -0.25) is 4.79 Å². The quantitative estimate of drug-likeness (QED) is 0.334. The largest absolute Gasteiger partial charge is 0.368 e. The summed E-state index contributed by atoms with van der Waals surface area (Å²) in [6.45, 7) is 7.61. The lowest BCUT2D eigenvalue weighted by molar-refractivity contribution is 0.589. The first kappa shape index (κ1) is 25.9. The summed E-state index contributed by atoms with van der Waals surface area (Å²) in [5, 5.41) is 7.48. The third kappa shape index (κ3) is 5.42. The number of rotatable bonds is 7. The molecule has 3 aromatic heterocycles. The summed E-state index contributed by atoms with van der Waals surface area (Å²) in [4.78, 5) is 29.0. The maximum atomic E-state index is 13.2. The molecule has 2 N–H and O–H groups in total. The van der Waals surface area contributed by atoms with Crippen molar-refractivity contribution in [2.75, 3.05) is 48.9 Å². The van der Waals surface area contributed by atoms with Crippen molar-refractivity contribution in [3.05, 3.63) is 70.6 Å². The van der Waals surface area contributed by atoms with Crippen LogP contribution >= 0.6 is 11.6 Å². The van der Waals surface area contributed by atoms with E-state index in [1.165, 1.54) is 23.4 Å². The summed E-state index contributed by atoms with van der Waals surface area (Å²) in [6.07, 6.45) is 6.17. The fourth-order valence-electron chi connectivity index (χ4n) is 4.29. The highest BCUT2D eigenvalue weighted by molar-refractivity contribution is 7.92. The number of pyridine rings is 1. The number of nitrogens with one attached hydrogen (secondary N) is 2. The van der Waals surface area contributed by atoms with Gasteiger partial charge in [-0.1, -0.05) is 23.7 Å². The molecule has 0 unspecified atom stereocenters. The molecule has 1 aliphatic heterocycles. The second-order valence-corrected chi connectivity index (χ2v) is 12.0. The van der Waals surface area contributed by atoms with Crippen LogP contribution in [-0.2, 0) is 16.3 Å². The summed E-state index contributed by atoms with van der Waals surface area (Å²) in [5.41, 5.74) is 1.77. The van der Waals surface area contributed by atoms with E-state index in [0.717, 1.165) is 31.9 Å². The Hall–Kier alpha value is -3.74. The molecular weight excluding hydrogens is 526 g/mol. The van der Waals surface area contributed by atoms with Crippen molar-refractivity contribution in [1.29, 1.82) is 0 Å². The molecule has 38 heavy (non-hydrogen) atoms. The minimum absolute atomic E-state index is 0.225. The average molecular weight is 554 g/mol. The smallest absolute Gasteiger partial charge is 0.278 e. The Bertz CT molecular complexity index is 1690. The van der Waals surface area contributed by atoms with Crippen molar-refractivity contribution < 1.29 is 4.21 Å². The second-order valence-electron chi connectivity index (χ2n) is 9.07. The van der Waals surface area contributed by atoms with Gasteiger partial charge in [-0.25, -0.2) is 23.5 Å². The van der Waals surface area contributed by atoms with Crippen molar-refractivity contribution in [3.8, 4) is 5.82 Å². The van der Waals surface area contributed by atoms with Crippen LogP contribution in [0.25, 0.3) is 16.9 Å². The number of hydrogen-bond acceptors (Lipinski definition) is 9. The van der Waals surface area contributed by atoms with E-state index < -0.39 is 9.73 Å². The maximum absolute atomic E-state index is 13.2. The summed E-state index contributed by atoms with van der Waals surface area (Å²) in [5.74, 6) is 0.986. The van der Waals surface area contributed by atoms with E-state index in [4.69, 9.17) is 11.6 Å². The Kier molecular flexibility index (Phi) is 7.19. The molecule has 198 valence electrons. The van der Waals surface area contributed by atoms with E-state index in [2.05, 4.69) is 41.4 Å². The molecule has 0 saturated carbocycles. The SMILES string of the molecule is C=CCn1c(=O)c2cnc(Nc3ccc(N4CCNCC4)c(Cl)c3)nc2n1-c1cccc(N=S(C)(C)=O)n1. The number of nitrogens with zero attached hydrogens (tertiary/aromatic N) is 7. The van der Waals surface area contributed by atoms with Crippen molar-refractivity contribution in [1.82, 2.24) is 29.6 Å². The minimum Gasteiger partial charge on any atom is -0.368 e. The molecule has 0 bridgehead atoms. The molecular formula is C25H28ClN9O2S. The lowest BCUT2D eigenvalue weighted by Gasteiger charge is -2.30. The molecule has 1 fully saturated rings. The van der Waals surface area contributed by atoms with E-state index >= 15 is 0 Å². The zero-order chi connectivity index (χ0) is 26.9. The molecule has 0 aliphatic carbocycles. The first-order valence-electron chi connectivity index (χ1n) is 12.0. The van der Waals surface area contributed by atoms with Crippen LogP contribution in [0, 0.1) is 0 Å². The van der Waals surface area contributed by atoms with Gasteiger partial charge in [-0.2, -0.15) is 9.35 Å². The molecule has 0 amide bonds. The second kappa shape index (κ2) is 10.6. The fourth-order valence-corrected chi connectivity index (χ4v) is 5.14. The number of hydrogen-bond donors (Lipinski definition) is 2. The van der Waals surface area contributed by atoms with Crippen molar-refractivity contribution in [3.63, 3.8) is 0 Å². The van der Waals surface area contributed by atoms with Gasteiger partial charge < -0.3 is 15.5 Å². The predicted molar refractivity (Wildman–Crippen MR) is 153 cm³/mol. The number of benzene rings is 1.